The van der Waals surface area contributed by atoms with Gasteiger partial charge in [0.1, 0.15) is 12.2 Å². The van der Waals surface area contributed by atoms with Crippen LogP contribution in [0.4, 0.5) is 0 Å². The van der Waals surface area contributed by atoms with Crippen LogP contribution in [0.25, 0.3) is 0 Å². The lowest BCUT2D eigenvalue weighted by Gasteiger charge is -2.31. The maximum atomic E-state index is 6.91. The molecule has 4 nitrogen and oxygen atoms in total. The van der Waals surface area contributed by atoms with Gasteiger partial charge in [-0.15, -0.1) is 0 Å². The van der Waals surface area contributed by atoms with Crippen LogP contribution in [0.3, 0.4) is 0 Å². The summed E-state index contributed by atoms with van der Waals surface area (Å²) in [5, 5.41) is 0. The smallest absolute Gasteiger partial charge is 0.169 e. The Balaban J connectivity index is 1.28. The van der Waals surface area contributed by atoms with Gasteiger partial charge in [-0.1, -0.05) is 140 Å². The molecule has 2 fully saturated rings. The van der Waals surface area contributed by atoms with Gasteiger partial charge in [0.05, 0.1) is 0 Å². The third-order valence-electron chi connectivity index (χ3n) is 11.0. The van der Waals surface area contributed by atoms with E-state index < -0.39 is 0 Å². The molecule has 4 heteroatoms. The molecule has 1 aromatic heterocycles. The molecule has 0 radical (unpaired) electrons. The molecule has 0 aromatic carbocycles. The first kappa shape index (κ1) is 44.4. The zero-order valence-corrected chi connectivity index (χ0v) is 34.0. The first-order valence-electron chi connectivity index (χ1n) is 22.3. The molecule has 2 aliphatic heterocycles. The van der Waals surface area contributed by atoms with Gasteiger partial charge in [0.25, 0.3) is 0 Å². The largest absolute Gasteiger partial charge is 0.343 e. The predicted octanol–water partition coefficient (Wildman–Crippen LogP) is 13.8. The highest BCUT2D eigenvalue weighted by molar-refractivity contribution is 5.10. The summed E-state index contributed by atoms with van der Waals surface area (Å²) in [6.45, 7) is 7.61. The van der Waals surface area contributed by atoms with E-state index in [9.17, 15) is 0 Å². The van der Waals surface area contributed by atoms with Crippen LogP contribution < -0.4 is 0 Å². The van der Waals surface area contributed by atoms with Gasteiger partial charge in [0.15, 0.2) is 5.79 Å². The van der Waals surface area contributed by atoms with Gasteiger partial charge >= 0.3 is 0 Å². The van der Waals surface area contributed by atoms with Crippen molar-refractivity contribution in [3.05, 3.63) is 78.7 Å². The van der Waals surface area contributed by atoms with E-state index in [1.54, 1.807) is 0 Å². The van der Waals surface area contributed by atoms with Crippen LogP contribution in [0.15, 0.2) is 73.1 Å². The van der Waals surface area contributed by atoms with Crippen LogP contribution in [-0.2, 0) is 15.9 Å². The second-order valence-electron chi connectivity index (χ2n) is 15.8. The van der Waals surface area contributed by atoms with Gasteiger partial charge in [0, 0.05) is 44.9 Å². The van der Waals surface area contributed by atoms with E-state index in [0.717, 1.165) is 51.7 Å². The van der Waals surface area contributed by atoms with Gasteiger partial charge in [-0.05, 0) is 101 Å². The molecule has 1 aromatic rings. The molecule has 0 aliphatic carbocycles. The monoisotopic (exact) mass is 717 g/mol. The number of allylic oxidation sites excluding steroid dienone is 8. The Morgan fingerprint density at radius 1 is 0.558 bits per heavy atom. The van der Waals surface area contributed by atoms with E-state index in [-0.39, 0.29) is 18.0 Å². The highest BCUT2D eigenvalue weighted by Crippen LogP contribution is 2.40. The number of rotatable bonds is 33. The normalized spacial score (nSPS) is 20.9. The highest BCUT2D eigenvalue weighted by Gasteiger charge is 2.50. The van der Waals surface area contributed by atoms with E-state index in [1.807, 2.05) is 12.4 Å². The van der Waals surface area contributed by atoms with Crippen molar-refractivity contribution in [2.75, 3.05) is 19.6 Å². The van der Waals surface area contributed by atoms with Gasteiger partial charge in [0.2, 0.25) is 0 Å². The number of ether oxygens (including phenoxy) is 2. The van der Waals surface area contributed by atoms with Crippen molar-refractivity contribution < 1.29 is 9.47 Å². The van der Waals surface area contributed by atoms with Crippen molar-refractivity contribution >= 4 is 0 Å². The standard InChI is InChI=1S/C48H80N2O2/c1-3-5-7-9-11-13-15-17-19-21-23-25-27-29-31-33-38-48(39-34-32-30-28-26-24-22-20-18-16-14-12-10-8-6-4-2)51-46-43-50(44-47(46)52-48)42-37-45-35-40-49-41-36-45/h11-14,17-20,35-36,40-41,46-47H,3-10,15-16,21-34,37-39,42-44H2,1-2H3. The number of aromatic nitrogens is 1. The fourth-order valence-corrected chi connectivity index (χ4v) is 7.77. The van der Waals surface area contributed by atoms with Crippen LogP contribution in [-0.4, -0.2) is 47.5 Å². The second kappa shape index (κ2) is 30.3. The number of fused-ring (bicyclic) bond motifs is 1. The van der Waals surface area contributed by atoms with Crippen molar-refractivity contribution in [1.82, 2.24) is 9.88 Å². The summed E-state index contributed by atoms with van der Waals surface area (Å²) in [6.07, 6.45) is 57.2. The minimum Gasteiger partial charge on any atom is -0.343 e. The zero-order valence-electron chi connectivity index (χ0n) is 34.0. The van der Waals surface area contributed by atoms with Gasteiger partial charge in [-0.25, -0.2) is 0 Å². The van der Waals surface area contributed by atoms with Crippen LogP contribution in [0, 0.1) is 0 Å². The van der Waals surface area contributed by atoms with Crippen molar-refractivity contribution in [3.63, 3.8) is 0 Å². The fourth-order valence-electron chi connectivity index (χ4n) is 7.77. The number of nitrogens with zero attached hydrogens (tertiary/aromatic N) is 2. The maximum absolute atomic E-state index is 6.91. The van der Waals surface area contributed by atoms with Crippen LogP contribution in [0.5, 0.6) is 0 Å². The molecular formula is C48H80N2O2. The Labute approximate surface area is 322 Å². The summed E-state index contributed by atoms with van der Waals surface area (Å²) in [4.78, 5) is 6.71. The summed E-state index contributed by atoms with van der Waals surface area (Å²) < 4.78 is 13.8. The third-order valence-corrected chi connectivity index (χ3v) is 11.0. The van der Waals surface area contributed by atoms with E-state index in [2.05, 4.69) is 84.5 Å². The van der Waals surface area contributed by atoms with Crippen molar-refractivity contribution in [3.8, 4) is 0 Å². The second-order valence-corrected chi connectivity index (χ2v) is 15.8. The number of hydrogen-bond acceptors (Lipinski definition) is 4. The predicted molar refractivity (Wildman–Crippen MR) is 225 cm³/mol. The van der Waals surface area contributed by atoms with Gasteiger partial charge in [-0.2, -0.15) is 0 Å². The van der Waals surface area contributed by atoms with Crippen molar-refractivity contribution in [1.29, 1.82) is 0 Å². The summed E-state index contributed by atoms with van der Waals surface area (Å²) in [7, 11) is 0. The number of unbranched alkanes of at least 4 members (excludes halogenated alkanes) is 18. The van der Waals surface area contributed by atoms with Gasteiger partial charge < -0.3 is 9.47 Å². The molecule has 2 atom stereocenters. The minimum atomic E-state index is -0.350. The van der Waals surface area contributed by atoms with E-state index in [1.165, 1.54) is 147 Å². The summed E-state index contributed by atoms with van der Waals surface area (Å²) >= 11 is 0. The molecule has 0 spiro atoms. The van der Waals surface area contributed by atoms with Gasteiger partial charge in [-0.3, -0.25) is 9.88 Å². The lowest BCUT2D eigenvalue weighted by molar-refractivity contribution is -0.193. The molecule has 0 saturated carbocycles. The lowest BCUT2D eigenvalue weighted by Crippen LogP contribution is -2.36. The summed E-state index contributed by atoms with van der Waals surface area (Å²) in [6, 6.07) is 4.27. The molecule has 3 rings (SSSR count). The lowest BCUT2D eigenvalue weighted by atomic mass is 9.98. The molecule has 294 valence electrons. The number of hydrogen-bond donors (Lipinski definition) is 0. The summed E-state index contributed by atoms with van der Waals surface area (Å²) in [5.41, 5.74) is 1.36. The molecule has 0 amide bonds. The molecule has 52 heavy (non-hydrogen) atoms. The Morgan fingerprint density at radius 2 is 0.962 bits per heavy atom. The first-order chi connectivity index (χ1) is 25.7. The fraction of sp³-hybridized carbons (Fsp3) is 0.729. The molecule has 3 heterocycles. The van der Waals surface area contributed by atoms with E-state index in [0.29, 0.717) is 0 Å². The molecule has 2 unspecified atom stereocenters. The Bertz CT molecular complexity index is 1020. The SMILES string of the molecule is CCCCCC=CCC=CCCCCCCCCC1(CCCCCCCCC=CCC=CCCCCC)OC2CN(CCc3ccncc3)CC2O1. The van der Waals surface area contributed by atoms with E-state index >= 15 is 0 Å². The molecule has 0 N–H and O–H groups in total. The number of likely N-dealkylation sites (tertiary alicyclic amines) is 1. The highest BCUT2D eigenvalue weighted by atomic mass is 16.8. The first-order valence-corrected chi connectivity index (χ1v) is 22.3. The topological polar surface area (TPSA) is 34.6 Å². The molecule has 2 saturated heterocycles. The van der Waals surface area contributed by atoms with Crippen LogP contribution >= 0.6 is 0 Å². The van der Waals surface area contributed by atoms with Crippen molar-refractivity contribution in [2.45, 2.75) is 205 Å². The Morgan fingerprint density at radius 3 is 1.40 bits per heavy atom. The molecular weight excluding hydrogens is 637 g/mol. The maximum Gasteiger partial charge on any atom is 0.169 e. The third kappa shape index (κ3) is 21.0. The van der Waals surface area contributed by atoms with Crippen molar-refractivity contribution in [2.24, 2.45) is 0 Å². The Kier molecular flexibility index (Phi) is 25.9. The minimum absolute atomic E-state index is 0.228. The molecule has 2 aliphatic rings. The molecule has 0 bridgehead atoms. The van der Waals surface area contributed by atoms with Crippen LogP contribution in [0.1, 0.15) is 186 Å². The van der Waals surface area contributed by atoms with Crippen LogP contribution in [0.2, 0.25) is 0 Å². The zero-order chi connectivity index (χ0) is 36.6. The average molecular weight is 717 g/mol. The summed E-state index contributed by atoms with van der Waals surface area (Å²) in [5.74, 6) is -0.350. The quantitative estimate of drug-likeness (QED) is 0.0536. The number of pyridine rings is 1. The average Bonchev–Trinajstić information content (AvgIpc) is 3.70. The Hall–Kier alpha value is -2.01. The van der Waals surface area contributed by atoms with E-state index in [4.69, 9.17) is 9.47 Å².